The van der Waals surface area contributed by atoms with Crippen molar-refractivity contribution in [3.8, 4) is 0 Å². The van der Waals surface area contributed by atoms with Gasteiger partial charge in [-0.3, -0.25) is 4.79 Å². The maximum absolute atomic E-state index is 11.7. The largest absolute Gasteiger partial charge is 0.748 e. The third-order valence-corrected chi connectivity index (χ3v) is 5.01. The van der Waals surface area contributed by atoms with Gasteiger partial charge in [-0.05, 0) is 26.7 Å². The van der Waals surface area contributed by atoms with Crippen molar-refractivity contribution in [1.29, 1.82) is 0 Å². The number of quaternary nitrogens is 1. The van der Waals surface area contributed by atoms with Crippen LogP contribution in [-0.4, -0.2) is 61.3 Å². The second kappa shape index (κ2) is 10.8. The van der Waals surface area contributed by atoms with Gasteiger partial charge in [-0.2, -0.15) is 0 Å². The zero-order chi connectivity index (χ0) is 18.8. The lowest BCUT2D eigenvalue weighted by molar-refractivity contribution is -0.928. The summed E-state index contributed by atoms with van der Waals surface area (Å²) in [7, 11) is -4.16. The first-order chi connectivity index (χ1) is 11.0. The van der Waals surface area contributed by atoms with Crippen LogP contribution in [0.1, 0.15) is 53.4 Å². The van der Waals surface area contributed by atoms with Crippen molar-refractivity contribution >= 4 is 16.0 Å². The Morgan fingerprint density at radius 3 is 2.12 bits per heavy atom. The number of nitrogens with zero attached hydrogens (tertiary/aromatic N) is 1. The fourth-order valence-electron chi connectivity index (χ4n) is 3.08. The summed E-state index contributed by atoms with van der Waals surface area (Å²) >= 11 is 0. The zero-order valence-corrected chi connectivity index (χ0v) is 16.5. The number of carbonyl (C=O) groups excluding carboxylic acids is 1. The Hall–Kier alpha value is -0.920. The number of amides is 1. The van der Waals surface area contributed by atoms with E-state index < -0.39 is 10.1 Å². The zero-order valence-electron chi connectivity index (χ0n) is 15.6. The monoisotopic (exact) mass is 362 g/mol. The van der Waals surface area contributed by atoms with Crippen LogP contribution in [0.2, 0.25) is 0 Å². The van der Waals surface area contributed by atoms with E-state index in [1.807, 2.05) is 6.92 Å². The van der Waals surface area contributed by atoms with E-state index in [2.05, 4.69) is 25.7 Å². The van der Waals surface area contributed by atoms with Gasteiger partial charge in [-0.1, -0.05) is 20.4 Å². The molecule has 1 N–H and O–H groups in total. The van der Waals surface area contributed by atoms with E-state index in [0.717, 1.165) is 43.4 Å². The van der Waals surface area contributed by atoms with Gasteiger partial charge in [-0.25, -0.2) is 8.42 Å². The van der Waals surface area contributed by atoms with E-state index in [1.165, 1.54) is 0 Å². The summed E-state index contributed by atoms with van der Waals surface area (Å²) in [4.78, 5) is 11.7. The van der Waals surface area contributed by atoms with Crippen molar-refractivity contribution < 1.29 is 22.2 Å². The van der Waals surface area contributed by atoms with Crippen LogP contribution in [0.15, 0.2) is 12.2 Å². The topological polar surface area (TPSA) is 86.3 Å². The summed E-state index contributed by atoms with van der Waals surface area (Å²) in [5.41, 5.74) is 0.491. The molecule has 0 saturated carbocycles. The first-order valence-electron chi connectivity index (χ1n) is 8.80. The summed E-state index contributed by atoms with van der Waals surface area (Å²) in [6, 6.07) is 0.0312. The van der Waals surface area contributed by atoms with E-state index in [1.54, 1.807) is 6.92 Å². The molecule has 0 saturated heterocycles. The van der Waals surface area contributed by atoms with E-state index in [0.29, 0.717) is 18.5 Å². The molecule has 0 aromatic heterocycles. The molecule has 6 nitrogen and oxygen atoms in total. The molecule has 0 fully saturated rings. The van der Waals surface area contributed by atoms with Crippen LogP contribution in [0.4, 0.5) is 0 Å². The summed E-state index contributed by atoms with van der Waals surface area (Å²) in [5, 5.41) is 2.92. The third kappa shape index (κ3) is 10.1. The molecule has 0 aromatic rings. The van der Waals surface area contributed by atoms with Crippen molar-refractivity contribution in [3.63, 3.8) is 0 Å². The molecule has 1 amide bonds. The van der Waals surface area contributed by atoms with E-state index in [-0.39, 0.29) is 17.7 Å². The SMILES string of the molecule is C=C(C)C(=O)NC(C)CC[N+](CCC)(CCC)CCCS(=O)(=O)[O-]. The Balaban J connectivity index is 4.79. The highest BCUT2D eigenvalue weighted by Gasteiger charge is 2.26. The molecule has 0 rings (SSSR count). The molecule has 0 heterocycles. The average molecular weight is 363 g/mol. The summed E-state index contributed by atoms with van der Waals surface area (Å²) in [6.07, 6.45) is 3.19. The lowest BCUT2D eigenvalue weighted by Gasteiger charge is -2.39. The maximum atomic E-state index is 11.7. The van der Waals surface area contributed by atoms with Crippen molar-refractivity contribution in [1.82, 2.24) is 5.32 Å². The third-order valence-electron chi connectivity index (χ3n) is 4.22. The van der Waals surface area contributed by atoms with E-state index in [9.17, 15) is 17.8 Å². The van der Waals surface area contributed by atoms with Crippen LogP contribution in [0, 0.1) is 0 Å². The van der Waals surface area contributed by atoms with Crippen LogP contribution in [0.5, 0.6) is 0 Å². The molecule has 0 aliphatic rings. The first kappa shape index (κ1) is 23.1. The molecule has 0 bridgehead atoms. The van der Waals surface area contributed by atoms with Crippen LogP contribution in [0.25, 0.3) is 0 Å². The van der Waals surface area contributed by atoms with Crippen LogP contribution < -0.4 is 5.32 Å². The fraction of sp³-hybridized carbons (Fsp3) is 0.824. The lowest BCUT2D eigenvalue weighted by Crippen LogP contribution is -2.52. The molecule has 7 heteroatoms. The predicted octanol–water partition coefficient (Wildman–Crippen LogP) is 2.03. The molecule has 1 unspecified atom stereocenters. The van der Waals surface area contributed by atoms with Crippen molar-refractivity contribution in [2.24, 2.45) is 0 Å². The van der Waals surface area contributed by atoms with Gasteiger partial charge in [0.15, 0.2) is 0 Å². The minimum atomic E-state index is -4.16. The quantitative estimate of drug-likeness (QED) is 0.308. The van der Waals surface area contributed by atoms with Gasteiger partial charge < -0.3 is 14.4 Å². The summed E-state index contributed by atoms with van der Waals surface area (Å²) < 4.78 is 33.4. The molecule has 1 atom stereocenters. The molecule has 0 radical (unpaired) electrons. The van der Waals surface area contributed by atoms with Crippen LogP contribution in [0.3, 0.4) is 0 Å². The number of hydrogen-bond donors (Lipinski definition) is 1. The Bertz CT molecular complexity index is 497. The van der Waals surface area contributed by atoms with Gasteiger partial charge in [0.1, 0.15) is 0 Å². The first-order valence-corrected chi connectivity index (χ1v) is 10.4. The minimum absolute atomic E-state index is 0.0312. The number of hydrogen-bond acceptors (Lipinski definition) is 4. The Labute approximate surface area is 147 Å². The molecule has 0 aliphatic carbocycles. The Kier molecular flexibility index (Phi) is 10.4. The van der Waals surface area contributed by atoms with E-state index >= 15 is 0 Å². The average Bonchev–Trinajstić information content (AvgIpc) is 2.44. The second-order valence-electron chi connectivity index (χ2n) is 6.79. The van der Waals surface area contributed by atoms with E-state index in [4.69, 9.17) is 0 Å². The molecule has 142 valence electrons. The molecular weight excluding hydrogens is 328 g/mol. The normalized spacial score (nSPS) is 13.5. The molecular formula is C17H34N2O4S. The number of carbonyl (C=O) groups is 1. The Morgan fingerprint density at radius 1 is 1.17 bits per heavy atom. The van der Waals surface area contributed by atoms with Crippen LogP contribution in [-0.2, 0) is 14.9 Å². The summed E-state index contributed by atoms with van der Waals surface area (Å²) in [5.74, 6) is -0.438. The molecule has 0 aromatic carbocycles. The standard InChI is InChI=1S/C17H34N2O4S/c1-6-10-19(11-7-2,12-8-14-24(21,22)23)13-9-16(5)18-17(20)15(3)4/h16H,3,6-14H2,1-2,4-5H3,(H-,18,20,21,22,23). The number of rotatable bonds is 13. The maximum Gasteiger partial charge on any atom is 0.246 e. The van der Waals surface area contributed by atoms with Crippen LogP contribution >= 0.6 is 0 Å². The lowest BCUT2D eigenvalue weighted by atomic mass is 10.1. The molecule has 24 heavy (non-hydrogen) atoms. The van der Waals surface area contributed by atoms with Gasteiger partial charge in [-0.15, -0.1) is 0 Å². The second-order valence-corrected chi connectivity index (χ2v) is 8.32. The molecule has 0 spiro atoms. The van der Waals surface area contributed by atoms with Gasteiger partial charge in [0.25, 0.3) is 0 Å². The fourth-order valence-corrected chi connectivity index (χ4v) is 3.57. The molecule has 0 aliphatic heterocycles. The highest BCUT2D eigenvalue weighted by Crippen LogP contribution is 2.15. The minimum Gasteiger partial charge on any atom is -0.748 e. The van der Waals surface area contributed by atoms with Gasteiger partial charge >= 0.3 is 0 Å². The number of nitrogens with one attached hydrogen (secondary N) is 1. The van der Waals surface area contributed by atoms with Crippen molar-refractivity contribution in [2.75, 3.05) is 31.9 Å². The highest BCUT2D eigenvalue weighted by molar-refractivity contribution is 7.85. The van der Waals surface area contributed by atoms with Crippen molar-refractivity contribution in [2.45, 2.75) is 59.4 Å². The van der Waals surface area contributed by atoms with Gasteiger partial charge in [0.2, 0.25) is 5.91 Å². The highest BCUT2D eigenvalue weighted by atomic mass is 32.2. The van der Waals surface area contributed by atoms with Gasteiger partial charge in [0.05, 0.1) is 36.3 Å². The smallest absolute Gasteiger partial charge is 0.246 e. The predicted molar refractivity (Wildman–Crippen MR) is 96.5 cm³/mol. The van der Waals surface area contributed by atoms with Crippen molar-refractivity contribution in [3.05, 3.63) is 12.2 Å². The Morgan fingerprint density at radius 2 is 1.71 bits per heavy atom. The summed E-state index contributed by atoms with van der Waals surface area (Å²) in [6.45, 7) is 15.0. The van der Waals surface area contributed by atoms with Gasteiger partial charge in [0, 0.05) is 30.2 Å².